The lowest BCUT2D eigenvalue weighted by molar-refractivity contribution is -0.176. The number of halogens is 4. The van der Waals surface area contributed by atoms with Crippen LogP contribution < -0.4 is 5.32 Å². The van der Waals surface area contributed by atoms with Gasteiger partial charge in [-0.15, -0.1) is 0 Å². The Morgan fingerprint density at radius 1 is 1.15 bits per heavy atom. The molecular formula is C27H29F4N5O2S. The molecule has 1 aliphatic rings. The minimum atomic E-state index is -4.40. The van der Waals surface area contributed by atoms with Crippen molar-refractivity contribution in [3.63, 3.8) is 0 Å². The van der Waals surface area contributed by atoms with Crippen molar-refractivity contribution in [2.45, 2.75) is 31.1 Å². The van der Waals surface area contributed by atoms with Gasteiger partial charge in [0.1, 0.15) is 5.82 Å². The molecule has 1 aromatic heterocycles. The standard InChI is InChI=1S/C27H29F4N5O2S/c1-18-13-24(34-22-8-6-21(28)7-9-22)20(15-32)14-23(18)25-17-36(39(37,38)26-5-3-4-10-33-26)12-11-35(25)16-19(2)27(29,30)31/h3-10,13-15,19,25,32,34H,11-12,16-17H2,1-2H3/t19?,25-/m1/s1. The zero-order valence-electron chi connectivity index (χ0n) is 21.4. The molecule has 0 radical (unpaired) electrons. The number of anilines is 2. The number of benzene rings is 2. The predicted molar refractivity (Wildman–Crippen MR) is 141 cm³/mol. The molecule has 1 saturated heterocycles. The molecule has 2 aromatic carbocycles. The van der Waals surface area contributed by atoms with Gasteiger partial charge in [0.15, 0.2) is 5.03 Å². The van der Waals surface area contributed by atoms with E-state index in [0.29, 0.717) is 28.1 Å². The summed E-state index contributed by atoms with van der Waals surface area (Å²) in [6, 6.07) is 13.0. The van der Waals surface area contributed by atoms with Crippen LogP contribution in [0, 0.1) is 24.1 Å². The molecule has 4 rings (SSSR count). The molecule has 39 heavy (non-hydrogen) atoms. The summed E-state index contributed by atoms with van der Waals surface area (Å²) in [5.41, 5.74) is 2.93. The molecule has 0 aliphatic carbocycles. The number of pyridine rings is 1. The molecular weight excluding hydrogens is 534 g/mol. The second-order valence-corrected chi connectivity index (χ2v) is 11.4. The van der Waals surface area contributed by atoms with Crippen LogP contribution in [0.15, 0.2) is 65.8 Å². The maximum absolute atomic E-state index is 13.5. The van der Waals surface area contributed by atoms with Gasteiger partial charge in [0.2, 0.25) is 0 Å². The van der Waals surface area contributed by atoms with E-state index in [1.807, 2.05) is 0 Å². The van der Waals surface area contributed by atoms with Crippen LogP contribution in [-0.4, -0.2) is 61.2 Å². The van der Waals surface area contributed by atoms with Gasteiger partial charge in [0.05, 0.1) is 5.92 Å². The molecule has 12 heteroatoms. The average Bonchev–Trinajstić information content (AvgIpc) is 2.90. The highest BCUT2D eigenvalue weighted by Crippen LogP contribution is 2.36. The second kappa shape index (κ2) is 11.4. The van der Waals surface area contributed by atoms with Crippen molar-refractivity contribution in [2.24, 2.45) is 5.92 Å². The molecule has 7 nitrogen and oxygen atoms in total. The molecule has 0 saturated carbocycles. The van der Waals surface area contributed by atoms with Crippen molar-refractivity contribution in [3.05, 3.63) is 83.3 Å². The van der Waals surface area contributed by atoms with Gasteiger partial charge in [-0.1, -0.05) is 13.0 Å². The van der Waals surface area contributed by atoms with Gasteiger partial charge in [0, 0.05) is 61.6 Å². The van der Waals surface area contributed by atoms with Gasteiger partial charge < -0.3 is 10.7 Å². The van der Waals surface area contributed by atoms with Crippen molar-refractivity contribution in [1.29, 1.82) is 5.41 Å². The van der Waals surface area contributed by atoms with Crippen LogP contribution in [0.2, 0.25) is 0 Å². The number of hydrogen-bond acceptors (Lipinski definition) is 6. The number of nitrogens with zero attached hydrogens (tertiary/aromatic N) is 3. The van der Waals surface area contributed by atoms with Crippen molar-refractivity contribution >= 4 is 27.6 Å². The number of rotatable bonds is 8. The van der Waals surface area contributed by atoms with Crippen LogP contribution in [0.3, 0.4) is 0 Å². The number of aromatic nitrogens is 1. The number of nitrogens with one attached hydrogen (secondary N) is 2. The summed E-state index contributed by atoms with van der Waals surface area (Å²) < 4.78 is 81.8. The number of sulfonamides is 1. The summed E-state index contributed by atoms with van der Waals surface area (Å²) in [6.07, 6.45) is -1.92. The Morgan fingerprint density at radius 3 is 2.49 bits per heavy atom. The fourth-order valence-corrected chi connectivity index (χ4v) is 6.00. The molecule has 0 amide bonds. The monoisotopic (exact) mass is 563 g/mol. The molecule has 0 bridgehead atoms. The van der Waals surface area contributed by atoms with E-state index in [9.17, 15) is 26.0 Å². The van der Waals surface area contributed by atoms with Gasteiger partial charge in [0.25, 0.3) is 10.0 Å². The summed E-state index contributed by atoms with van der Waals surface area (Å²) in [7, 11) is -3.98. The molecule has 1 unspecified atom stereocenters. The minimum absolute atomic E-state index is 0.0145. The topological polar surface area (TPSA) is 89.4 Å². The fraction of sp³-hybridized carbons (Fsp3) is 0.333. The van der Waals surface area contributed by atoms with E-state index in [2.05, 4.69) is 10.3 Å². The summed E-state index contributed by atoms with van der Waals surface area (Å²) in [4.78, 5) is 5.63. The molecule has 2 heterocycles. The highest BCUT2D eigenvalue weighted by Gasteiger charge is 2.41. The van der Waals surface area contributed by atoms with E-state index in [1.165, 1.54) is 28.7 Å². The van der Waals surface area contributed by atoms with Gasteiger partial charge in [-0.3, -0.25) is 4.90 Å². The highest BCUT2D eigenvalue weighted by molar-refractivity contribution is 7.89. The maximum atomic E-state index is 13.5. The van der Waals surface area contributed by atoms with Crippen LogP contribution in [0.4, 0.5) is 28.9 Å². The third-order valence-corrected chi connectivity index (χ3v) is 8.62. The SMILES string of the molecule is Cc1cc(Nc2ccc(F)cc2)c(C=N)cc1[C@H]1CN(S(=O)(=O)c2ccccn2)CCN1CC(C)C(F)(F)F. The van der Waals surface area contributed by atoms with Gasteiger partial charge in [-0.25, -0.2) is 17.8 Å². The lowest BCUT2D eigenvalue weighted by Crippen LogP contribution is -2.52. The zero-order chi connectivity index (χ0) is 28.4. The van der Waals surface area contributed by atoms with E-state index in [4.69, 9.17) is 5.41 Å². The van der Waals surface area contributed by atoms with Crippen molar-refractivity contribution in [3.8, 4) is 0 Å². The molecule has 2 N–H and O–H groups in total. The summed E-state index contributed by atoms with van der Waals surface area (Å²) in [5, 5.41) is 11.0. The Bertz CT molecular complexity index is 1420. The Hall–Kier alpha value is -3.35. The number of hydrogen-bond donors (Lipinski definition) is 2. The molecule has 0 spiro atoms. The Morgan fingerprint density at radius 2 is 1.87 bits per heavy atom. The van der Waals surface area contributed by atoms with Gasteiger partial charge in [-0.05, 0) is 66.6 Å². The lowest BCUT2D eigenvalue weighted by atomic mass is 9.94. The molecule has 208 valence electrons. The van der Waals surface area contributed by atoms with Crippen LogP contribution in [0.25, 0.3) is 0 Å². The Labute approximate surface area is 225 Å². The molecule has 3 aromatic rings. The first-order valence-electron chi connectivity index (χ1n) is 12.3. The zero-order valence-corrected chi connectivity index (χ0v) is 22.2. The normalized spacial score (nSPS) is 18.1. The predicted octanol–water partition coefficient (Wildman–Crippen LogP) is 5.52. The molecule has 2 atom stereocenters. The van der Waals surface area contributed by atoms with Crippen LogP contribution >= 0.6 is 0 Å². The van der Waals surface area contributed by atoms with Crippen molar-refractivity contribution in [1.82, 2.24) is 14.2 Å². The van der Waals surface area contributed by atoms with E-state index >= 15 is 0 Å². The first kappa shape index (κ1) is 28.7. The van der Waals surface area contributed by atoms with Gasteiger partial charge >= 0.3 is 6.18 Å². The van der Waals surface area contributed by atoms with Crippen molar-refractivity contribution < 1.29 is 26.0 Å². The minimum Gasteiger partial charge on any atom is -0.355 e. The van der Waals surface area contributed by atoms with Crippen molar-refractivity contribution in [2.75, 3.05) is 31.5 Å². The highest BCUT2D eigenvalue weighted by atomic mass is 32.2. The second-order valence-electron chi connectivity index (χ2n) is 9.56. The first-order chi connectivity index (χ1) is 18.4. The number of piperazine rings is 1. The van der Waals surface area contributed by atoms with Crippen LogP contribution in [0.5, 0.6) is 0 Å². The quantitative estimate of drug-likeness (QED) is 0.279. The van der Waals surface area contributed by atoms with E-state index in [1.54, 1.807) is 48.2 Å². The summed E-state index contributed by atoms with van der Waals surface area (Å²) >= 11 is 0. The number of aryl methyl sites for hydroxylation is 1. The average molecular weight is 564 g/mol. The van der Waals surface area contributed by atoms with E-state index in [-0.39, 0.29) is 31.2 Å². The maximum Gasteiger partial charge on any atom is 0.392 e. The smallest absolute Gasteiger partial charge is 0.355 e. The third-order valence-electron chi connectivity index (χ3n) is 6.84. The Balaban J connectivity index is 1.71. The fourth-order valence-electron chi connectivity index (χ4n) is 4.63. The van der Waals surface area contributed by atoms with E-state index < -0.39 is 34.0 Å². The lowest BCUT2D eigenvalue weighted by Gasteiger charge is -2.42. The summed E-state index contributed by atoms with van der Waals surface area (Å²) in [5.74, 6) is -2.02. The van der Waals surface area contributed by atoms with Crippen LogP contribution in [-0.2, 0) is 10.0 Å². The van der Waals surface area contributed by atoms with Gasteiger partial charge in [-0.2, -0.15) is 17.5 Å². The first-order valence-corrected chi connectivity index (χ1v) is 13.7. The molecule has 1 aliphatic heterocycles. The Kier molecular flexibility index (Phi) is 8.38. The summed E-state index contributed by atoms with van der Waals surface area (Å²) in [6.45, 7) is 2.62. The largest absolute Gasteiger partial charge is 0.392 e. The van der Waals surface area contributed by atoms with Crippen LogP contribution in [0.1, 0.15) is 29.7 Å². The third kappa shape index (κ3) is 6.45. The molecule has 1 fully saturated rings. The van der Waals surface area contributed by atoms with E-state index in [0.717, 1.165) is 13.1 Å². The number of alkyl halides is 3.